The molecule has 96 valence electrons. The van der Waals surface area contributed by atoms with Crippen LogP contribution in [0.15, 0.2) is 48.9 Å². The fourth-order valence-electron chi connectivity index (χ4n) is 3.42. The quantitative estimate of drug-likeness (QED) is 0.392. The summed E-state index contributed by atoms with van der Waals surface area (Å²) in [7, 11) is 2.13. The molecule has 0 unspecified atom stereocenters. The maximum atomic E-state index is 4.57. The summed E-state index contributed by atoms with van der Waals surface area (Å²) in [6.07, 6.45) is 6.18. The SMILES string of the molecule is C[n+]1c2n(c3cn4ccccc4c31)Cc1cccnc1-2. The second kappa shape index (κ2) is 3.28. The van der Waals surface area contributed by atoms with E-state index < -0.39 is 0 Å². The van der Waals surface area contributed by atoms with Gasteiger partial charge in [-0.15, -0.1) is 0 Å². The van der Waals surface area contributed by atoms with Gasteiger partial charge in [-0.1, -0.05) is 12.1 Å². The summed E-state index contributed by atoms with van der Waals surface area (Å²) in [5.74, 6) is 1.21. The number of imidazole rings is 1. The molecule has 0 saturated carbocycles. The highest BCUT2D eigenvalue weighted by atomic mass is 15.2. The minimum atomic E-state index is 0.909. The van der Waals surface area contributed by atoms with E-state index in [4.69, 9.17) is 0 Å². The van der Waals surface area contributed by atoms with E-state index in [1.54, 1.807) is 0 Å². The Morgan fingerprint density at radius 2 is 2.10 bits per heavy atom. The fourth-order valence-corrected chi connectivity index (χ4v) is 3.42. The predicted octanol–water partition coefficient (Wildman–Crippen LogP) is 2.14. The molecule has 0 fully saturated rings. The Balaban J connectivity index is 1.98. The van der Waals surface area contributed by atoms with Crippen molar-refractivity contribution in [2.45, 2.75) is 6.54 Å². The van der Waals surface area contributed by atoms with Gasteiger partial charge >= 0.3 is 5.82 Å². The van der Waals surface area contributed by atoms with Crippen molar-refractivity contribution in [1.82, 2.24) is 14.0 Å². The van der Waals surface area contributed by atoms with Gasteiger partial charge < -0.3 is 4.40 Å². The molecule has 0 saturated heterocycles. The molecule has 4 aromatic heterocycles. The first kappa shape index (κ1) is 10.2. The first-order chi connectivity index (χ1) is 9.84. The molecule has 0 radical (unpaired) electrons. The van der Waals surface area contributed by atoms with Gasteiger partial charge in [0, 0.05) is 18.0 Å². The molecular weight excluding hydrogens is 248 g/mol. The third kappa shape index (κ3) is 1.04. The molecule has 1 aliphatic heterocycles. The monoisotopic (exact) mass is 261 g/mol. The molecule has 0 atom stereocenters. The van der Waals surface area contributed by atoms with Crippen LogP contribution in [0.4, 0.5) is 0 Å². The lowest BCUT2D eigenvalue weighted by molar-refractivity contribution is -0.633. The highest BCUT2D eigenvalue weighted by Gasteiger charge is 2.34. The number of rotatable bonds is 0. The largest absolute Gasteiger partial charge is 0.316 e. The molecule has 5 heterocycles. The predicted molar refractivity (Wildman–Crippen MR) is 76.4 cm³/mol. The minimum absolute atomic E-state index is 0.909. The van der Waals surface area contributed by atoms with Gasteiger partial charge in [0.2, 0.25) is 0 Å². The lowest BCUT2D eigenvalue weighted by Gasteiger charge is -1.95. The Labute approximate surface area is 115 Å². The molecule has 0 aliphatic carbocycles. The third-order valence-electron chi connectivity index (χ3n) is 4.27. The van der Waals surface area contributed by atoms with Gasteiger partial charge in [-0.3, -0.25) is 0 Å². The molecule has 4 heteroatoms. The standard InChI is InChI=1S/C16H13N4/c1-18-15-12-6-2-3-8-19(12)10-13(15)20-9-11-5-4-7-17-14(11)16(18)20/h2-8,10H,9H2,1H3/q+1. The summed E-state index contributed by atoms with van der Waals surface area (Å²) < 4.78 is 6.82. The number of pyridine rings is 2. The van der Waals surface area contributed by atoms with Crippen molar-refractivity contribution in [3.63, 3.8) is 0 Å². The molecule has 1 aliphatic rings. The van der Waals surface area contributed by atoms with Crippen molar-refractivity contribution >= 4 is 16.6 Å². The van der Waals surface area contributed by atoms with E-state index in [9.17, 15) is 0 Å². The topological polar surface area (TPSA) is 26.1 Å². The molecule has 4 aromatic rings. The molecule has 5 rings (SSSR count). The third-order valence-corrected chi connectivity index (χ3v) is 4.27. The van der Waals surface area contributed by atoms with Crippen molar-refractivity contribution in [2.75, 3.05) is 0 Å². The summed E-state index contributed by atoms with van der Waals surface area (Å²) in [4.78, 5) is 4.57. The summed E-state index contributed by atoms with van der Waals surface area (Å²) in [6.45, 7) is 0.909. The number of aryl methyl sites for hydroxylation is 1. The van der Waals surface area contributed by atoms with Gasteiger partial charge in [-0.05, 0) is 18.2 Å². The van der Waals surface area contributed by atoms with E-state index in [-0.39, 0.29) is 0 Å². The van der Waals surface area contributed by atoms with E-state index in [2.05, 4.69) is 62.2 Å². The zero-order chi connectivity index (χ0) is 13.3. The Bertz CT molecular complexity index is 990. The van der Waals surface area contributed by atoms with Crippen LogP contribution < -0.4 is 4.57 Å². The zero-order valence-corrected chi connectivity index (χ0v) is 11.1. The fraction of sp³-hybridized carbons (Fsp3) is 0.125. The Hall–Kier alpha value is -2.62. The van der Waals surface area contributed by atoms with Crippen molar-refractivity contribution in [1.29, 1.82) is 0 Å². The van der Waals surface area contributed by atoms with Crippen LogP contribution in [0, 0.1) is 0 Å². The average Bonchev–Trinajstić information content (AvgIpc) is 3.10. The molecule has 0 N–H and O–H groups in total. The van der Waals surface area contributed by atoms with E-state index in [1.807, 2.05) is 12.3 Å². The summed E-state index contributed by atoms with van der Waals surface area (Å²) in [5, 5.41) is 0. The molecule has 0 spiro atoms. The van der Waals surface area contributed by atoms with Crippen LogP contribution in [0.2, 0.25) is 0 Å². The van der Waals surface area contributed by atoms with Gasteiger partial charge in [0.1, 0.15) is 6.54 Å². The molecule has 20 heavy (non-hydrogen) atoms. The smallest absolute Gasteiger partial charge is 0.309 e. The number of nitrogens with zero attached hydrogens (tertiary/aromatic N) is 4. The van der Waals surface area contributed by atoms with Gasteiger partial charge in [0.15, 0.2) is 16.7 Å². The average molecular weight is 261 g/mol. The van der Waals surface area contributed by atoms with Gasteiger partial charge in [-0.2, -0.15) is 0 Å². The zero-order valence-electron chi connectivity index (χ0n) is 11.1. The Morgan fingerprint density at radius 1 is 1.15 bits per heavy atom. The van der Waals surface area contributed by atoms with E-state index in [0.717, 1.165) is 12.2 Å². The van der Waals surface area contributed by atoms with Crippen molar-refractivity contribution in [3.05, 3.63) is 54.5 Å². The highest BCUT2D eigenvalue weighted by Crippen LogP contribution is 2.33. The lowest BCUT2D eigenvalue weighted by atomic mass is 10.2. The second-order valence-corrected chi connectivity index (χ2v) is 5.34. The Morgan fingerprint density at radius 3 is 3.05 bits per heavy atom. The molecule has 0 amide bonds. The van der Waals surface area contributed by atoms with E-state index in [0.29, 0.717) is 0 Å². The van der Waals surface area contributed by atoms with E-state index in [1.165, 1.54) is 27.9 Å². The van der Waals surface area contributed by atoms with Crippen LogP contribution in [0.25, 0.3) is 28.1 Å². The first-order valence-corrected chi connectivity index (χ1v) is 6.77. The molecule has 0 aromatic carbocycles. The normalized spacial score (nSPS) is 13.1. The molecule has 4 nitrogen and oxygen atoms in total. The van der Waals surface area contributed by atoms with E-state index >= 15 is 0 Å². The summed E-state index contributed by atoms with van der Waals surface area (Å²) in [6, 6.07) is 10.5. The highest BCUT2D eigenvalue weighted by molar-refractivity contribution is 5.91. The minimum Gasteiger partial charge on any atom is -0.316 e. The van der Waals surface area contributed by atoms with Crippen LogP contribution in [0.1, 0.15) is 5.56 Å². The summed E-state index contributed by atoms with van der Waals surface area (Å²) in [5.41, 5.74) is 6.20. The summed E-state index contributed by atoms with van der Waals surface area (Å²) >= 11 is 0. The first-order valence-electron chi connectivity index (χ1n) is 6.77. The van der Waals surface area contributed by atoms with Crippen LogP contribution >= 0.6 is 0 Å². The van der Waals surface area contributed by atoms with Crippen molar-refractivity contribution < 1.29 is 4.57 Å². The van der Waals surface area contributed by atoms with Crippen LogP contribution in [0.5, 0.6) is 0 Å². The van der Waals surface area contributed by atoms with Crippen molar-refractivity contribution in [2.24, 2.45) is 7.05 Å². The maximum Gasteiger partial charge on any atom is 0.309 e. The number of hydrogen-bond acceptors (Lipinski definition) is 1. The van der Waals surface area contributed by atoms with Crippen LogP contribution in [0.3, 0.4) is 0 Å². The van der Waals surface area contributed by atoms with Crippen LogP contribution in [-0.2, 0) is 13.6 Å². The van der Waals surface area contributed by atoms with Crippen LogP contribution in [-0.4, -0.2) is 14.0 Å². The van der Waals surface area contributed by atoms with Gasteiger partial charge in [0.25, 0.3) is 0 Å². The number of fused-ring (bicyclic) bond motifs is 7. The number of hydrogen-bond donors (Lipinski definition) is 0. The molecular formula is C16H13N4+. The number of aromatic nitrogens is 4. The lowest BCUT2D eigenvalue weighted by Crippen LogP contribution is -2.29. The maximum absolute atomic E-state index is 4.57. The van der Waals surface area contributed by atoms with Gasteiger partial charge in [-0.25, -0.2) is 14.1 Å². The molecule has 0 bridgehead atoms. The van der Waals surface area contributed by atoms with Gasteiger partial charge in [0.05, 0.1) is 18.8 Å². The second-order valence-electron chi connectivity index (χ2n) is 5.34. The van der Waals surface area contributed by atoms with Crippen molar-refractivity contribution in [3.8, 4) is 11.5 Å². The Kier molecular flexibility index (Phi) is 1.67.